The van der Waals surface area contributed by atoms with E-state index in [1.54, 1.807) is 39.5 Å². The van der Waals surface area contributed by atoms with Gasteiger partial charge in [0, 0.05) is 23.2 Å². The third-order valence-electron chi connectivity index (χ3n) is 3.95. The largest absolute Gasteiger partial charge is 0.496 e. The summed E-state index contributed by atoms with van der Waals surface area (Å²) in [5.41, 5.74) is 2.25. The van der Waals surface area contributed by atoms with Crippen LogP contribution in [-0.2, 0) is 6.54 Å². The highest BCUT2D eigenvalue weighted by Gasteiger charge is 2.14. The van der Waals surface area contributed by atoms with Crippen molar-refractivity contribution in [3.05, 3.63) is 47.0 Å². The SMILES string of the molecule is COc1ccc(C(=O)NCc2ccc(OC)c(C)c2OC)cc1OC. The molecule has 6 nitrogen and oxygen atoms in total. The highest BCUT2D eigenvalue weighted by atomic mass is 16.5. The van der Waals surface area contributed by atoms with Gasteiger partial charge in [-0.3, -0.25) is 4.79 Å². The zero-order valence-corrected chi connectivity index (χ0v) is 15.1. The normalized spacial score (nSPS) is 10.1. The third-order valence-corrected chi connectivity index (χ3v) is 3.95. The Hall–Kier alpha value is -2.89. The molecule has 0 aliphatic rings. The molecule has 0 aliphatic heterocycles. The number of carbonyl (C=O) groups is 1. The molecular formula is C19H23NO5. The topological polar surface area (TPSA) is 66.0 Å². The molecule has 134 valence electrons. The smallest absolute Gasteiger partial charge is 0.251 e. The first-order chi connectivity index (χ1) is 12.0. The molecule has 1 amide bonds. The molecule has 0 aromatic heterocycles. The zero-order valence-electron chi connectivity index (χ0n) is 15.1. The van der Waals surface area contributed by atoms with Crippen molar-refractivity contribution in [1.82, 2.24) is 5.32 Å². The van der Waals surface area contributed by atoms with E-state index in [1.807, 2.05) is 19.1 Å². The monoisotopic (exact) mass is 345 g/mol. The Bertz CT molecular complexity index is 758. The molecule has 0 aliphatic carbocycles. The number of hydrogen-bond donors (Lipinski definition) is 1. The van der Waals surface area contributed by atoms with E-state index in [2.05, 4.69) is 5.32 Å². The van der Waals surface area contributed by atoms with Gasteiger partial charge in [-0.25, -0.2) is 0 Å². The van der Waals surface area contributed by atoms with Crippen LogP contribution in [0.2, 0.25) is 0 Å². The molecule has 6 heteroatoms. The summed E-state index contributed by atoms with van der Waals surface area (Å²) in [7, 11) is 6.29. The van der Waals surface area contributed by atoms with Crippen LogP contribution in [0.4, 0.5) is 0 Å². The maximum Gasteiger partial charge on any atom is 0.251 e. The van der Waals surface area contributed by atoms with Crippen LogP contribution in [-0.4, -0.2) is 34.3 Å². The van der Waals surface area contributed by atoms with Gasteiger partial charge in [0.2, 0.25) is 0 Å². The van der Waals surface area contributed by atoms with Gasteiger partial charge in [0.05, 0.1) is 28.4 Å². The molecule has 0 fully saturated rings. The van der Waals surface area contributed by atoms with Crippen molar-refractivity contribution in [1.29, 1.82) is 0 Å². The Labute approximate surface area is 147 Å². The van der Waals surface area contributed by atoms with Crippen LogP contribution in [0, 0.1) is 6.92 Å². The summed E-state index contributed by atoms with van der Waals surface area (Å²) >= 11 is 0. The van der Waals surface area contributed by atoms with Gasteiger partial charge in [-0.15, -0.1) is 0 Å². The molecule has 0 unspecified atom stereocenters. The molecule has 0 spiro atoms. The van der Waals surface area contributed by atoms with Crippen LogP contribution in [0.1, 0.15) is 21.5 Å². The van der Waals surface area contributed by atoms with E-state index in [0.717, 1.165) is 16.9 Å². The molecule has 2 aromatic carbocycles. The second-order valence-electron chi connectivity index (χ2n) is 5.34. The van der Waals surface area contributed by atoms with E-state index in [4.69, 9.17) is 18.9 Å². The van der Waals surface area contributed by atoms with Crippen LogP contribution in [0.3, 0.4) is 0 Å². The lowest BCUT2D eigenvalue weighted by molar-refractivity contribution is 0.0950. The Kier molecular flexibility index (Phi) is 6.11. The third kappa shape index (κ3) is 3.96. The average molecular weight is 345 g/mol. The molecule has 0 atom stereocenters. The van der Waals surface area contributed by atoms with Crippen LogP contribution < -0.4 is 24.3 Å². The molecule has 1 N–H and O–H groups in total. The second kappa shape index (κ2) is 8.28. The van der Waals surface area contributed by atoms with Crippen molar-refractivity contribution in [2.75, 3.05) is 28.4 Å². The van der Waals surface area contributed by atoms with E-state index in [1.165, 1.54) is 7.11 Å². The molecule has 0 heterocycles. The maximum atomic E-state index is 12.4. The van der Waals surface area contributed by atoms with Gasteiger partial charge >= 0.3 is 0 Å². The van der Waals surface area contributed by atoms with E-state index >= 15 is 0 Å². The standard InChI is InChI=1S/C19H23NO5/c1-12-15(22-2)8-7-14(18(12)25-5)11-20-19(21)13-6-9-16(23-3)17(10-13)24-4/h6-10H,11H2,1-5H3,(H,20,21). The first-order valence-electron chi connectivity index (χ1n) is 7.76. The molecular weight excluding hydrogens is 322 g/mol. The van der Waals surface area contributed by atoms with Gasteiger partial charge in [-0.2, -0.15) is 0 Å². The number of ether oxygens (including phenoxy) is 4. The Balaban J connectivity index is 2.16. The average Bonchev–Trinajstić information content (AvgIpc) is 2.65. The fraction of sp³-hybridized carbons (Fsp3) is 0.316. The summed E-state index contributed by atoms with van der Waals surface area (Å²) in [5.74, 6) is 2.31. The number of methoxy groups -OCH3 is 4. The molecule has 0 saturated heterocycles. The van der Waals surface area contributed by atoms with Gasteiger partial charge in [-0.05, 0) is 37.3 Å². The predicted octanol–water partition coefficient (Wildman–Crippen LogP) is 2.96. The van der Waals surface area contributed by atoms with E-state index in [-0.39, 0.29) is 5.91 Å². The summed E-state index contributed by atoms with van der Waals surface area (Å²) in [4.78, 5) is 12.4. The fourth-order valence-corrected chi connectivity index (χ4v) is 2.63. The van der Waals surface area contributed by atoms with E-state index < -0.39 is 0 Å². The number of amides is 1. The van der Waals surface area contributed by atoms with Gasteiger partial charge in [-0.1, -0.05) is 0 Å². The minimum atomic E-state index is -0.212. The van der Waals surface area contributed by atoms with Crippen LogP contribution in [0.5, 0.6) is 23.0 Å². The Morgan fingerprint density at radius 3 is 2.12 bits per heavy atom. The van der Waals surface area contributed by atoms with Gasteiger partial charge in [0.15, 0.2) is 11.5 Å². The van der Waals surface area contributed by atoms with Crippen molar-refractivity contribution >= 4 is 5.91 Å². The van der Waals surface area contributed by atoms with Gasteiger partial charge < -0.3 is 24.3 Å². The Morgan fingerprint density at radius 2 is 1.52 bits per heavy atom. The highest BCUT2D eigenvalue weighted by molar-refractivity contribution is 5.94. The number of rotatable bonds is 7. The minimum absolute atomic E-state index is 0.212. The number of carbonyl (C=O) groups excluding carboxylic acids is 1. The Morgan fingerprint density at radius 1 is 0.880 bits per heavy atom. The van der Waals surface area contributed by atoms with Crippen LogP contribution in [0.25, 0.3) is 0 Å². The second-order valence-corrected chi connectivity index (χ2v) is 5.34. The van der Waals surface area contributed by atoms with Crippen LogP contribution >= 0.6 is 0 Å². The zero-order chi connectivity index (χ0) is 18.4. The van der Waals surface area contributed by atoms with Crippen molar-refractivity contribution in [2.45, 2.75) is 13.5 Å². The molecule has 2 rings (SSSR count). The van der Waals surface area contributed by atoms with Crippen molar-refractivity contribution < 1.29 is 23.7 Å². The molecule has 0 bridgehead atoms. The van der Waals surface area contributed by atoms with Crippen molar-refractivity contribution in [3.63, 3.8) is 0 Å². The summed E-state index contributed by atoms with van der Waals surface area (Å²) in [6.45, 7) is 2.25. The first-order valence-corrected chi connectivity index (χ1v) is 7.76. The lowest BCUT2D eigenvalue weighted by Crippen LogP contribution is -2.23. The number of hydrogen-bond acceptors (Lipinski definition) is 5. The van der Waals surface area contributed by atoms with Gasteiger partial charge in [0.1, 0.15) is 11.5 Å². The summed E-state index contributed by atoms with van der Waals surface area (Å²) in [6, 6.07) is 8.76. The quantitative estimate of drug-likeness (QED) is 0.836. The highest BCUT2D eigenvalue weighted by Crippen LogP contribution is 2.31. The lowest BCUT2D eigenvalue weighted by Gasteiger charge is -2.15. The number of nitrogens with one attached hydrogen (secondary N) is 1. The van der Waals surface area contributed by atoms with E-state index in [9.17, 15) is 4.79 Å². The number of benzene rings is 2. The maximum absolute atomic E-state index is 12.4. The van der Waals surface area contributed by atoms with E-state index in [0.29, 0.717) is 29.4 Å². The molecule has 0 radical (unpaired) electrons. The van der Waals surface area contributed by atoms with Crippen molar-refractivity contribution in [2.24, 2.45) is 0 Å². The molecule has 25 heavy (non-hydrogen) atoms. The predicted molar refractivity (Wildman–Crippen MR) is 95.0 cm³/mol. The van der Waals surface area contributed by atoms with Gasteiger partial charge in [0.25, 0.3) is 5.91 Å². The summed E-state index contributed by atoms with van der Waals surface area (Å²) < 4.78 is 21.2. The minimum Gasteiger partial charge on any atom is -0.496 e. The fourth-order valence-electron chi connectivity index (χ4n) is 2.63. The first kappa shape index (κ1) is 18.4. The summed E-state index contributed by atoms with van der Waals surface area (Å²) in [6.07, 6.45) is 0. The molecule has 2 aromatic rings. The molecule has 0 saturated carbocycles. The van der Waals surface area contributed by atoms with Crippen molar-refractivity contribution in [3.8, 4) is 23.0 Å². The summed E-state index contributed by atoms with van der Waals surface area (Å²) in [5, 5.41) is 2.89. The lowest BCUT2D eigenvalue weighted by atomic mass is 10.1. The van der Waals surface area contributed by atoms with Crippen LogP contribution in [0.15, 0.2) is 30.3 Å².